The molecule has 0 saturated heterocycles. The maximum absolute atomic E-state index is 12.8. The maximum Gasteiger partial charge on any atom is 0.303 e. The van der Waals surface area contributed by atoms with Crippen LogP contribution in [0.5, 0.6) is 0 Å². The zero-order valence-electron chi connectivity index (χ0n) is 11.9. The number of carboxylic acids is 1. The smallest absolute Gasteiger partial charge is 0.303 e. The number of benzene rings is 2. The molecule has 116 valence electrons. The van der Waals surface area contributed by atoms with Gasteiger partial charge in [-0.05, 0) is 30.7 Å². The minimum absolute atomic E-state index is 0.0758. The summed E-state index contributed by atoms with van der Waals surface area (Å²) in [5, 5.41) is 8.75. The Labute approximate surface area is 129 Å². The van der Waals surface area contributed by atoms with Crippen molar-refractivity contribution in [2.45, 2.75) is 17.7 Å². The minimum Gasteiger partial charge on any atom is -0.481 e. The topological polar surface area (TPSA) is 74.7 Å². The second-order valence-electron chi connectivity index (χ2n) is 4.72. The van der Waals surface area contributed by atoms with E-state index in [1.807, 2.05) is 0 Å². The number of anilines is 1. The van der Waals surface area contributed by atoms with Crippen LogP contribution >= 0.6 is 0 Å². The molecule has 0 heterocycles. The van der Waals surface area contributed by atoms with Crippen LogP contribution in [0.2, 0.25) is 0 Å². The van der Waals surface area contributed by atoms with Gasteiger partial charge < -0.3 is 5.11 Å². The summed E-state index contributed by atoms with van der Waals surface area (Å²) in [4.78, 5) is 10.9. The van der Waals surface area contributed by atoms with E-state index in [2.05, 4.69) is 0 Å². The second-order valence-corrected chi connectivity index (χ2v) is 6.59. The Balaban J connectivity index is 2.33. The Bertz CT molecular complexity index is 714. The van der Waals surface area contributed by atoms with Gasteiger partial charge in [-0.25, -0.2) is 8.42 Å². The van der Waals surface area contributed by atoms with Crippen LogP contribution in [0.3, 0.4) is 0 Å². The molecule has 2 rings (SSSR count). The lowest BCUT2D eigenvalue weighted by Crippen LogP contribution is -2.32. The quantitative estimate of drug-likeness (QED) is 0.851. The van der Waals surface area contributed by atoms with Crippen LogP contribution in [0.4, 0.5) is 5.69 Å². The van der Waals surface area contributed by atoms with Crippen molar-refractivity contribution in [3.8, 4) is 0 Å². The lowest BCUT2D eigenvalue weighted by molar-refractivity contribution is -0.137. The first-order chi connectivity index (χ1) is 10.5. The first kappa shape index (κ1) is 16.0. The first-order valence-electron chi connectivity index (χ1n) is 6.86. The molecule has 0 unspecified atom stereocenters. The van der Waals surface area contributed by atoms with Gasteiger partial charge in [-0.15, -0.1) is 0 Å². The molecule has 6 heteroatoms. The summed E-state index contributed by atoms with van der Waals surface area (Å²) in [5.41, 5.74) is 0.525. The second kappa shape index (κ2) is 7.09. The molecule has 2 aromatic carbocycles. The number of carboxylic acid groups (broad SMARTS) is 1. The zero-order chi connectivity index (χ0) is 16.0. The zero-order valence-corrected chi connectivity index (χ0v) is 12.7. The summed E-state index contributed by atoms with van der Waals surface area (Å²) in [5.74, 6) is -0.940. The molecule has 0 fully saturated rings. The third-order valence-corrected chi connectivity index (χ3v) is 4.97. The van der Waals surface area contributed by atoms with E-state index in [0.717, 1.165) is 0 Å². The number of sulfonamides is 1. The van der Waals surface area contributed by atoms with Gasteiger partial charge >= 0.3 is 5.97 Å². The summed E-state index contributed by atoms with van der Waals surface area (Å²) >= 11 is 0. The van der Waals surface area contributed by atoms with Crippen molar-refractivity contribution in [3.63, 3.8) is 0 Å². The molecule has 0 amide bonds. The Kier molecular flexibility index (Phi) is 5.16. The van der Waals surface area contributed by atoms with Gasteiger partial charge in [-0.3, -0.25) is 9.10 Å². The predicted octanol–water partition coefficient (Wildman–Crippen LogP) is 2.75. The van der Waals surface area contributed by atoms with E-state index in [4.69, 9.17) is 5.11 Å². The van der Waals surface area contributed by atoms with E-state index in [9.17, 15) is 13.2 Å². The molecule has 0 aliphatic heterocycles. The SMILES string of the molecule is O=C(O)CCCN(c1ccccc1)S(=O)(=O)c1ccccc1. The lowest BCUT2D eigenvalue weighted by atomic mass is 10.3. The van der Waals surface area contributed by atoms with Gasteiger partial charge in [0.05, 0.1) is 10.6 Å². The van der Waals surface area contributed by atoms with Crippen molar-refractivity contribution in [1.29, 1.82) is 0 Å². The van der Waals surface area contributed by atoms with E-state index >= 15 is 0 Å². The van der Waals surface area contributed by atoms with E-state index in [1.54, 1.807) is 48.5 Å². The predicted molar refractivity (Wildman–Crippen MR) is 84.3 cm³/mol. The lowest BCUT2D eigenvalue weighted by Gasteiger charge is -2.24. The Morgan fingerprint density at radius 1 is 0.955 bits per heavy atom. The number of carbonyl (C=O) groups is 1. The fourth-order valence-corrected chi connectivity index (χ4v) is 3.60. The van der Waals surface area contributed by atoms with Gasteiger partial charge in [0.2, 0.25) is 0 Å². The molecule has 0 radical (unpaired) electrons. The Hall–Kier alpha value is -2.34. The van der Waals surface area contributed by atoms with Gasteiger partial charge in [-0.1, -0.05) is 36.4 Å². The average Bonchev–Trinajstić information content (AvgIpc) is 2.53. The molecule has 5 nitrogen and oxygen atoms in total. The first-order valence-corrected chi connectivity index (χ1v) is 8.30. The molecule has 22 heavy (non-hydrogen) atoms. The number of para-hydroxylation sites is 1. The molecular weight excluding hydrogens is 302 g/mol. The van der Waals surface area contributed by atoms with E-state index in [1.165, 1.54) is 16.4 Å². The maximum atomic E-state index is 12.8. The van der Waals surface area contributed by atoms with Crippen LogP contribution in [-0.4, -0.2) is 26.0 Å². The molecule has 0 spiro atoms. The van der Waals surface area contributed by atoms with Gasteiger partial charge in [0.1, 0.15) is 0 Å². The molecule has 1 N–H and O–H groups in total. The highest BCUT2D eigenvalue weighted by Crippen LogP contribution is 2.23. The number of aliphatic carboxylic acids is 1. The van der Waals surface area contributed by atoms with Gasteiger partial charge in [0, 0.05) is 13.0 Å². The molecular formula is C16H17NO4S. The van der Waals surface area contributed by atoms with Crippen molar-refractivity contribution in [1.82, 2.24) is 0 Å². The third kappa shape index (κ3) is 3.85. The van der Waals surface area contributed by atoms with Crippen LogP contribution in [0, 0.1) is 0 Å². The summed E-state index contributed by atoms with van der Waals surface area (Å²) in [7, 11) is -3.71. The summed E-state index contributed by atoms with van der Waals surface area (Å²) in [6, 6.07) is 16.8. The summed E-state index contributed by atoms with van der Waals surface area (Å²) in [6.07, 6.45) is 0.171. The minimum atomic E-state index is -3.71. The third-order valence-electron chi connectivity index (χ3n) is 3.13. The number of hydrogen-bond acceptors (Lipinski definition) is 3. The molecule has 0 bridgehead atoms. The Morgan fingerprint density at radius 2 is 1.50 bits per heavy atom. The highest BCUT2D eigenvalue weighted by molar-refractivity contribution is 7.92. The molecule has 0 aliphatic carbocycles. The summed E-state index contributed by atoms with van der Waals surface area (Å²) < 4.78 is 26.8. The molecule has 0 saturated carbocycles. The van der Waals surface area contributed by atoms with Crippen molar-refractivity contribution >= 4 is 21.7 Å². The van der Waals surface area contributed by atoms with Gasteiger partial charge in [0.15, 0.2) is 0 Å². The van der Waals surface area contributed by atoms with E-state index in [0.29, 0.717) is 5.69 Å². The fourth-order valence-electron chi connectivity index (χ4n) is 2.08. The van der Waals surface area contributed by atoms with Crippen molar-refractivity contribution in [2.75, 3.05) is 10.8 Å². The molecule has 2 aromatic rings. The van der Waals surface area contributed by atoms with E-state index in [-0.39, 0.29) is 24.3 Å². The standard InChI is InChI=1S/C16H17NO4S/c18-16(19)12-7-13-17(14-8-3-1-4-9-14)22(20,21)15-10-5-2-6-11-15/h1-6,8-11H,7,12-13H2,(H,18,19). The van der Waals surface area contributed by atoms with Crippen molar-refractivity contribution in [2.24, 2.45) is 0 Å². The largest absolute Gasteiger partial charge is 0.481 e. The van der Waals surface area contributed by atoms with Crippen LogP contribution in [0.1, 0.15) is 12.8 Å². The van der Waals surface area contributed by atoms with E-state index < -0.39 is 16.0 Å². The average molecular weight is 319 g/mol. The normalized spacial score (nSPS) is 11.1. The van der Waals surface area contributed by atoms with Gasteiger partial charge in [-0.2, -0.15) is 0 Å². The van der Waals surface area contributed by atoms with Crippen molar-refractivity contribution in [3.05, 3.63) is 60.7 Å². The number of hydrogen-bond donors (Lipinski definition) is 1. The van der Waals surface area contributed by atoms with Crippen LogP contribution in [0.25, 0.3) is 0 Å². The Morgan fingerprint density at radius 3 is 2.05 bits per heavy atom. The number of rotatable bonds is 7. The van der Waals surface area contributed by atoms with Crippen LogP contribution < -0.4 is 4.31 Å². The molecule has 0 aliphatic rings. The highest BCUT2D eigenvalue weighted by atomic mass is 32.2. The van der Waals surface area contributed by atoms with Crippen LogP contribution in [-0.2, 0) is 14.8 Å². The van der Waals surface area contributed by atoms with Crippen molar-refractivity contribution < 1.29 is 18.3 Å². The molecule has 0 atom stereocenters. The fraction of sp³-hybridized carbons (Fsp3) is 0.188. The highest BCUT2D eigenvalue weighted by Gasteiger charge is 2.24. The summed E-state index contributed by atoms with van der Waals surface area (Å²) in [6.45, 7) is 0.119. The monoisotopic (exact) mass is 319 g/mol. The molecule has 0 aromatic heterocycles. The van der Waals surface area contributed by atoms with Gasteiger partial charge in [0.25, 0.3) is 10.0 Å². The number of nitrogens with zero attached hydrogens (tertiary/aromatic N) is 1. The van der Waals surface area contributed by atoms with Crippen LogP contribution in [0.15, 0.2) is 65.6 Å².